The van der Waals surface area contributed by atoms with E-state index in [9.17, 15) is 26.3 Å². The van der Waals surface area contributed by atoms with Gasteiger partial charge in [0.2, 0.25) is 11.6 Å². The highest BCUT2D eigenvalue weighted by Crippen LogP contribution is 2.45. The fourth-order valence-electron chi connectivity index (χ4n) is 15.1. The molecule has 18 rings (SSSR count). The van der Waals surface area contributed by atoms with Crippen molar-refractivity contribution < 1.29 is 43.9 Å². The first kappa shape index (κ1) is 76.2. The van der Waals surface area contributed by atoms with Crippen LogP contribution in [0.25, 0.3) is 182 Å². The van der Waals surface area contributed by atoms with Gasteiger partial charge in [0, 0.05) is 88.6 Å². The van der Waals surface area contributed by atoms with Crippen LogP contribution in [-0.2, 0) is 0 Å². The van der Waals surface area contributed by atoms with E-state index in [0.29, 0.717) is 11.1 Å². The van der Waals surface area contributed by atoms with E-state index in [2.05, 4.69) is 217 Å². The summed E-state index contributed by atoms with van der Waals surface area (Å²) >= 11 is 0. The van der Waals surface area contributed by atoms with Gasteiger partial charge in [-0.15, -0.1) is 0 Å². The summed E-state index contributed by atoms with van der Waals surface area (Å²) in [6, 6.07) is 63.3. The van der Waals surface area contributed by atoms with Crippen molar-refractivity contribution in [2.24, 2.45) is 0 Å². The van der Waals surface area contributed by atoms with E-state index in [1.54, 1.807) is 48.5 Å². The van der Waals surface area contributed by atoms with Crippen LogP contribution < -0.4 is 4.48 Å². The average molecular weight is 1550 g/mol. The molecule has 0 spiro atoms. The van der Waals surface area contributed by atoms with Gasteiger partial charge in [-0.25, -0.2) is 63.8 Å². The highest BCUT2D eigenvalue weighted by atomic mass is 19.2. The van der Waals surface area contributed by atoms with Crippen LogP contribution in [0, 0.1) is 92.8 Å². The molecule has 0 aliphatic carbocycles. The van der Waals surface area contributed by atoms with Gasteiger partial charge < -0.3 is 19.9 Å². The summed E-state index contributed by atoms with van der Waals surface area (Å²) in [5.41, 5.74) is 20.7. The van der Waals surface area contributed by atoms with Crippen molar-refractivity contribution in [3.8, 4) is 89.0 Å². The normalized spacial score (nSPS) is 12.2. The second-order valence-electron chi connectivity index (χ2n) is 29.8. The maximum Gasteiger partial charge on any atom is 0.200 e. The third-order valence-corrected chi connectivity index (χ3v) is 21.1. The predicted octanol–water partition coefficient (Wildman–Crippen LogP) is 26.4. The summed E-state index contributed by atoms with van der Waals surface area (Å²) in [5, 5.41) is 0. The molecule has 0 radical (unpaired) electrons. The zero-order valence-electron chi connectivity index (χ0n) is 63.1. The first-order valence-electron chi connectivity index (χ1n) is 37.0. The number of benzene rings is 8. The molecule has 0 saturated carbocycles. The van der Waals surface area contributed by atoms with Gasteiger partial charge in [0.15, 0.2) is 46.5 Å². The molecule has 0 unspecified atom stereocenters. The molecule has 10 heterocycles. The fourth-order valence-corrected chi connectivity index (χ4v) is 15.1. The summed E-state index contributed by atoms with van der Waals surface area (Å²) in [7, 11) is 6.58. The monoisotopic (exact) mass is 1550 g/mol. The van der Waals surface area contributed by atoms with Gasteiger partial charge in [-0.3, -0.25) is 4.48 Å². The first-order chi connectivity index (χ1) is 55.3. The Morgan fingerprint density at radius 1 is 0.198 bits per heavy atom. The second kappa shape index (κ2) is 30.0. The van der Waals surface area contributed by atoms with Gasteiger partial charge in [-0.05, 0) is 189 Å². The van der Waals surface area contributed by atoms with Crippen molar-refractivity contribution in [3.63, 3.8) is 0 Å². The second-order valence-corrected chi connectivity index (χ2v) is 29.8. The highest BCUT2D eigenvalue weighted by molar-refractivity contribution is 6.03. The highest BCUT2D eigenvalue weighted by Gasteiger charge is 2.33. The molecule has 574 valence electrons. The van der Waals surface area contributed by atoms with E-state index in [4.69, 9.17) is 9.97 Å². The summed E-state index contributed by atoms with van der Waals surface area (Å²) in [4.78, 5) is 34.0. The van der Waals surface area contributed by atoms with Crippen LogP contribution in [0.3, 0.4) is 0 Å². The molecule has 4 N–H and O–H groups in total. The van der Waals surface area contributed by atoms with Crippen molar-refractivity contribution in [3.05, 3.63) is 326 Å². The van der Waals surface area contributed by atoms with Gasteiger partial charge in [0.1, 0.15) is 5.69 Å². The molecule has 8 aromatic carbocycles. The molecule has 19 heteroatoms. The summed E-state index contributed by atoms with van der Waals surface area (Å²) in [6.07, 6.45) is 14.1. The molecule has 0 saturated heterocycles. The molecule has 9 nitrogen and oxygen atoms in total. The minimum Gasteiger partial charge on any atom is -0.354 e. The number of nitrogens with zero attached hydrogens (tertiary/aromatic N) is 5. The standard InChI is InChI=1S/C50H44N5.C46H24F10N4.CH4/c1-31-7-13-34(14-8-31)47-39-23-25-41(51-39)48(35-15-9-32(2)10-16-35)43-27-29-45(53-43)50(37-19-21-38(22-20-37)55(4,5)6)46-30-28-44(54-46)49(42-26-24-40(47)52-42)36-17-11-33(3)12-18-36;1-19-3-7-21(8-4-19)31-23-11-15-27(57-23)33(35-37(47)41(51)45(55)42(52)38(35)48)29-17-13-25(59-29)32(22-9-5-20(2)6-10-22)26-14-18-30(60-26)34(28-16-12-24(31)58-28)36-39(49)43(53)46(56)44(54)40(36)50;/h7-30,51,54H,1-6H3;3-18,57,60H,1-2H3;1H4/q+1;;. The van der Waals surface area contributed by atoms with Crippen molar-refractivity contribution in [1.82, 2.24) is 44.4 Å². The smallest absolute Gasteiger partial charge is 0.200 e. The number of quaternary nitrogens is 1. The number of hydrogen-bond acceptors (Lipinski definition) is 4. The van der Waals surface area contributed by atoms with Crippen molar-refractivity contribution in [2.75, 3.05) is 21.1 Å². The predicted molar refractivity (Wildman–Crippen MR) is 451 cm³/mol. The lowest BCUT2D eigenvalue weighted by molar-refractivity contribution is 0.381. The van der Waals surface area contributed by atoms with Crippen LogP contribution in [-0.4, -0.2) is 61.0 Å². The topological polar surface area (TPSA) is 115 Å². The molecule has 4 aliphatic rings. The van der Waals surface area contributed by atoms with Crippen molar-refractivity contribution in [1.29, 1.82) is 0 Å². The third-order valence-electron chi connectivity index (χ3n) is 21.1. The molecule has 0 amide bonds. The Kier molecular flexibility index (Phi) is 19.7. The molecule has 14 aromatic rings. The molecule has 6 aromatic heterocycles. The van der Waals surface area contributed by atoms with Crippen LogP contribution in [0.5, 0.6) is 0 Å². The first-order valence-corrected chi connectivity index (χ1v) is 37.0. The molecular formula is C97H72F10N9+. The minimum atomic E-state index is -2.35. The van der Waals surface area contributed by atoms with Gasteiger partial charge >= 0.3 is 0 Å². The van der Waals surface area contributed by atoms with Gasteiger partial charge in [0.05, 0.1) is 77.8 Å². The number of halogens is 10. The molecule has 16 bridgehead atoms. The van der Waals surface area contributed by atoms with Crippen LogP contribution in [0.15, 0.2) is 194 Å². The number of hydrogen-bond donors (Lipinski definition) is 4. The van der Waals surface area contributed by atoms with E-state index in [0.717, 1.165) is 105 Å². The fraction of sp³-hybridized carbons (Fsp3) is 0.0928. The quantitative estimate of drug-likeness (QED) is 0.0499. The lowest BCUT2D eigenvalue weighted by Crippen LogP contribution is -2.34. The molecular weight excluding hydrogens is 1480 g/mol. The number of H-pyrrole nitrogens is 4. The van der Waals surface area contributed by atoms with E-state index in [1.165, 1.54) is 70.9 Å². The molecule has 0 atom stereocenters. The van der Waals surface area contributed by atoms with E-state index in [1.807, 2.05) is 13.8 Å². The SMILES string of the molecule is C.Cc1ccc(-c2c3nc(c(-c4c(F)c(F)c(F)c(F)c4F)c4ccc([nH]4)c(-c4ccc(C)cc4)c4nc(c(-c5c(F)c(F)c(F)c(F)c5F)c5ccc2[nH]5)C=C4)C=C3)cc1.Cc1ccc(-c2c3nc(c(-c4ccc(C)cc4)c4ccc([nH]4)c(-c4ccc([N+](C)(C)C)cc4)c4nc(c(-c5ccc(C)cc5)c5ccc2[nH]5)C=C4)C=C3)cc1. The lowest BCUT2D eigenvalue weighted by Gasteiger charge is -2.23. The van der Waals surface area contributed by atoms with Crippen molar-refractivity contribution in [2.45, 2.75) is 42.0 Å². The van der Waals surface area contributed by atoms with E-state index in [-0.39, 0.29) is 63.4 Å². The Balaban J connectivity index is 0.000000173. The van der Waals surface area contributed by atoms with Crippen LogP contribution >= 0.6 is 0 Å². The van der Waals surface area contributed by atoms with Gasteiger partial charge in [-0.2, -0.15) is 0 Å². The average Bonchev–Trinajstić information content (AvgIpc) is 1.53. The number of fused-ring (bicyclic) bond motifs is 16. The van der Waals surface area contributed by atoms with E-state index >= 15 is 17.6 Å². The van der Waals surface area contributed by atoms with Gasteiger partial charge in [-0.1, -0.05) is 157 Å². The number of nitrogens with one attached hydrogen (secondary N) is 4. The summed E-state index contributed by atoms with van der Waals surface area (Å²) in [5.74, 6) is -21.8. The Morgan fingerprint density at radius 3 is 0.534 bits per heavy atom. The van der Waals surface area contributed by atoms with Crippen LogP contribution in [0.2, 0.25) is 0 Å². The summed E-state index contributed by atoms with van der Waals surface area (Å²) in [6.45, 7) is 10.0. The Hall–Kier alpha value is -13.8. The Labute approximate surface area is 661 Å². The molecule has 116 heavy (non-hydrogen) atoms. The van der Waals surface area contributed by atoms with E-state index < -0.39 is 80.4 Å². The maximum atomic E-state index is 15.8. The number of aromatic nitrogens is 8. The molecule has 0 fully saturated rings. The largest absolute Gasteiger partial charge is 0.354 e. The summed E-state index contributed by atoms with van der Waals surface area (Å²) < 4.78 is 153. The zero-order valence-corrected chi connectivity index (χ0v) is 63.1. The third kappa shape index (κ3) is 13.7. The number of aryl methyl sites for hydroxylation is 5. The van der Waals surface area contributed by atoms with Crippen LogP contribution in [0.4, 0.5) is 49.6 Å². The molecule has 4 aliphatic heterocycles. The number of rotatable bonds is 9. The lowest BCUT2D eigenvalue weighted by atomic mass is 10.0. The van der Waals surface area contributed by atoms with Crippen molar-refractivity contribution >= 4 is 98.4 Å². The Morgan fingerprint density at radius 2 is 0.353 bits per heavy atom. The Bertz CT molecular complexity index is 6560. The van der Waals surface area contributed by atoms with Gasteiger partial charge in [0.25, 0.3) is 0 Å². The maximum absolute atomic E-state index is 15.8. The minimum absolute atomic E-state index is 0. The number of aromatic amines is 4. The van der Waals surface area contributed by atoms with Crippen LogP contribution in [0.1, 0.15) is 80.8 Å². The zero-order chi connectivity index (χ0) is 80.2.